The van der Waals surface area contributed by atoms with Gasteiger partial charge >= 0.3 is 0 Å². The Morgan fingerprint density at radius 3 is 2.67 bits per heavy atom. The Bertz CT molecular complexity index is 667. The van der Waals surface area contributed by atoms with E-state index >= 15 is 0 Å². The van der Waals surface area contributed by atoms with E-state index in [1.807, 2.05) is 36.7 Å². The largest absolute Gasteiger partial charge is 0.384 e. The second-order valence-electron chi connectivity index (χ2n) is 4.82. The third kappa shape index (κ3) is 4.06. The van der Waals surface area contributed by atoms with Gasteiger partial charge in [-0.05, 0) is 47.9 Å². The van der Waals surface area contributed by atoms with Crippen LogP contribution in [0.25, 0.3) is 0 Å². The summed E-state index contributed by atoms with van der Waals surface area (Å²) in [4.78, 5) is 0.292. The molecule has 0 fully saturated rings. The quantitative estimate of drug-likeness (QED) is 0.818. The summed E-state index contributed by atoms with van der Waals surface area (Å²) in [6.07, 6.45) is 0.938. The predicted molar refractivity (Wildman–Crippen MR) is 88.3 cm³/mol. The monoisotopic (exact) mass is 324 g/mol. The van der Waals surface area contributed by atoms with Crippen LogP contribution in [0.3, 0.4) is 0 Å². The molecule has 21 heavy (non-hydrogen) atoms. The summed E-state index contributed by atoms with van der Waals surface area (Å²) >= 11 is 1.56. The van der Waals surface area contributed by atoms with Gasteiger partial charge in [-0.25, -0.2) is 13.1 Å². The van der Waals surface area contributed by atoms with Gasteiger partial charge in [0.2, 0.25) is 10.0 Å². The number of para-hydroxylation sites is 1. The maximum Gasteiger partial charge on any atom is 0.243 e. The van der Waals surface area contributed by atoms with E-state index in [0.717, 1.165) is 18.5 Å². The normalized spacial score (nSPS) is 13.0. The van der Waals surface area contributed by atoms with Crippen LogP contribution < -0.4 is 10.0 Å². The molecule has 0 spiro atoms. The molecule has 0 saturated heterocycles. The zero-order chi connectivity index (χ0) is 15.3. The van der Waals surface area contributed by atoms with E-state index in [9.17, 15) is 8.42 Å². The Labute approximate surface area is 130 Å². The van der Waals surface area contributed by atoms with E-state index in [-0.39, 0.29) is 6.04 Å². The van der Waals surface area contributed by atoms with Crippen LogP contribution in [0.2, 0.25) is 0 Å². The van der Waals surface area contributed by atoms with Crippen molar-refractivity contribution in [1.29, 1.82) is 0 Å². The molecule has 0 radical (unpaired) electrons. The minimum absolute atomic E-state index is 0.250. The van der Waals surface area contributed by atoms with Crippen LogP contribution in [-0.4, -0.2) is 15.0 Å². The highest BCUT2D eigenvalue weighted by molar-refractivity contribution is 7.89. The van der Waals surface area contributed by atoms with Crippen molar-refractivity contribution in [3.05, 3.63) is 46.7 Å². The molecule has 2 aromatic rings. The lowest BCUT2D eigenvalue weighted by Gasteiger charge is -2.16. The standard InChI is InChI=1S/C15H20N2O2S2/c1-3-9-16-14-6-4-5-7-15(14)21(18,19)17-12(2)13-8-10-20-11-13/h4-8,10-12,16-17H,3,9H2,1-2H3. The number of nitrogens with one attached hydrogen (secondary N) is 2. The Morgan fingerprint density at radius 2 is 2.00 bits per heavy atom. The zero-order valence-electron chi connectivity index (χ0n) is 12.2. The highest BCUT2D eigenvalue weighted by atomic mass is 32.2. The van der Waals surface area contributed by atoms with Crippen LogP contribution in [0.15, 0.2) is 46.0 Å². The molecule has 4 nitrogen and oxygen atoms in total. The Balaban J connectivity index is 2.23. The van der Waals surface area contributed by atoms with Crippen molar-refractivity contribution in [1.82, 2.24) is 4.72 Å². The molecular formula is C15H20N2O2S2. The lowest BCUT2D eigenvalue weighted by atomic mass is 10.2. The molecule has 6 heteroatoms. The Hall–Kier alpha value is -1.37. The molecule has 1 aromatic heterocycles. The first-order valence-corrected chi connectivity index (χ1v) is 9.34. The van der Waals surface area contributed by atoms with Crippen LogP contribution >= 0.6 is 11.3 Å². The van der Waals surface area contributed by atoms with Gasteiger partial charge in [-0.15, -0.1) is 0 Å². The van der Waals surface area contributed by atoms with Gasteiger partial charge in [0.15, 0.2) is 0 Å². The third-order valence-electron chi connectivity index (χ3n) is 3.12. The summed E-state index contributed by atoms with van der Waals surface area (Å²) in [7, 11) is -3.55. The number of thiophene rings is 1. The van der Waals surface area contributed by atoms with Crippen molar-refractivity contribution in [2.24, 2.45) is 0 Å². The van der Waals surface area contributed by atoms with Crippen molar-refractivity contribution in [2.45, 2.75) is 31.2 Å². The van der Waals surface area contributed by atoms with E-state index in [4.69, 9.17) is 0 Å². The first-order chi connectivity index (χ1) is 10.0. The van der Waals surface area contributed by atoms with Crippen molar-refractivity contribution in [2.75, 3.05) is 11.9 Å². The van der Waals surface area contributed by atoms with Crippen molar-refractivity contribution < 1.29 is 8.42 Å². The fraction of sp³-hybridized carbons (Fsp3) is 0.333. The van der Waals surface area contributed by atoms with Gasteiger partial charge in [0.05, 0.1) is 5.69 Å². The van der Waals surface area contributed by atoms with E-state index < -0.39 is 10.0 Å². The van der Waals surface area contributed by atoms with Gasteiger partial charge in [-0.2, -0.15) is 11.3 Å². The molecule has 1 atom stereocenters. The topological polar surface area (TPSA) is 58.2 Å². The maximum atomic E-state index is 12.6. The van der Waals surface area contributed by atoms with Crippen LogP contribution in [0, 0.1) is 0 Å². The zero-order valence-corrected chi connectivity index (χ0v) is 13.8. The maximum absolute atomic E-state index is 12.6. The molecule has 0 aliphatic rings. The van der Waals surface area contributed by atoms with Crippen LogP contribution in [0.4, 0.5) is 5.69 Å². The summed E-state index contributed by atoms with van der Waals surface area (Å²) in [5.41, 5.74) is 1.62. The first kappa shape index (κ1) is 16.0. The molecule has 2 N–H and O–H groups in total. The molecule has 0 aliphatic carbocycles. The van der Waals surface area contributed by atoms with Crippen molar-refractivity contribution in [3.8, 4) is 0 Å². The fourth-order valence-electron chi connectivity index (χ4n) is 1.99. The molecule has 0 aliphatic heterocycles. The second-order valence-corrected chi connectivity index (χ2v) is 7.29. The molecule has 1 heterocycles. The molecule has 0 bridgehead atoms. The molecule has 114 valence electrons. The van der Waals surface area contributed by atoms with Gasteiger partial charge in [0.25, 0.3) is 0 Å². The highest BCUT2D eigenvalue weighted by Crippen LogP contribution is 2.24. The number of sulfonamides is 1. The van der Waals surface area contributed by atoms with Crippen molar-refractivity contribution in [3.63, 3.8) is 0 Å². The van der Waals surface area contributed by atoms with Crippen LogP contribution in [0.1, 0.15) is 31.9 Å². The smallest absolute Gasteiger partial charge is 0.243 e. The van der Waals surface area contributed by atoms with Crippen molar-refractivity contribution >= 4 is 27.0 Å². The Kier molecular flexibility index (Phi) is 5.39. The van der Waals surface area contributed by atoms with E-state index in [2.05, 4.69) is 10.0 Å². The highest BCUT2D eigenvalue weighted by Gasteiger charge is 2.21. The average Bonchev–Trinajstić information content (AvgIpc) is 2.99. The van der Waals surface area contributed by atoms with E-state index in [1.165, 1.54) is 0 Å². The number of anilines is 1. The Morgan fingerprint density at radius 1 is 1.24 bits per heavy atom. The molecule has 1 aromatic carbocycles. The lowest BCUT2D eigenvalue weighted by Crippen LogP contribution is -2.27. The number of hydrogen-bond donors (Lipinski definition) is 2. The second kappa shape index (κ2) is 7.06. The van der Waals surface area contributed by atoms with Gasteiger partial charge in [-0.1, -0.05) is 19.1 Å². The third-order valence-corrected chi connectivity index (χ3v) is 5.42. The number of benzene rings is 1. The summed E-state index contributed by atoms with van der Waals surface area (Å²) in [6.45, 7) is 4.63. The lowest BCUT2D eigenvalue weighted by molar-refractivity contribution is 0.567. The van der Waals surface area contributed by atoms with Gasteiger partial charge in [0.1, 0.15) is 4.90 Å². The fourth-order valence-corrected chi connectivity index (χ4v) is 4.16. The van der Waals surface area contributed by atoms with Crippen LogP contribution in [-0.2, 0) is 10.0 Å². The summed E-state index contributed by atoms with van der Waals surface area (Å²) in [5, 5.41) is 7.05. The molecule has 2 rings (SSSR count). The summed E-state index contributed by atoms with van der Waals surface area (Å²) in [5.74, 6) is 0. The summed E-state index contributed by atoms with van der Waals surface area (Å²) in [6, 6.07) is 8.67. The van der Waals surface area contributed by atoms with Gasteiger partial charge in [-0.3, -0.25) is 0 Å². The molecule has 0 saturated carbocycles. The van der Waals surface area contributed by atoms with Gasteiger partial charge in [0, 0.05) is 12.6 Å². The number of hydrogen-bond acceptors (Lipinski definition) is 4. The van der Waals surface area contributed by atoms with Crippen LogP contribution in [0.5, 0.6) is 0 Å². The minimum Gasteiger partial charge on any atom is -0.384 e. The van der Waals surface area contributed by atoms with Gasteiger partial charge < -0.3 is 5.32 Å². The minimum atomic E-state index is -3.55. The first-order valence-electron chi connectivity index (χ1n) is 6.92. The van der Waals surface area contributed by atoms with E-state index in [0.29, 0.717) is 10.6 Å². The van der Waals surface area contributed by atoms with E-state index in [1.54, 1.807) is 29.5 Å². The molecule has 1 unspecified atom stereocenters. The predicted octanol–water partition coefficient (Wildman–Crippen LogP) is 3.61. The average molecular weight is 324 g/mol. The summed E-state index contributed by atoms with van der Waals surface area (Å²) < 4.78 is 27.9. The number of rotatable bonds is 7. The molecular weight excluding hydrogens is 304 g/mol. The molecule has 0 amide bonds. The SMILES string of the molecule is CCCNc1ccccc1S(=O)(=O)NC(C)c1ccsc1.